The average Bonchev–Trinajstić information content (AvgIpc) is 3.05. The summed E-state index contributed by atoms with van der Waals surface area (Å²) < 4.78 is 51.1. The highest BCUT2D eigenvalue weighted by Gasteiger charge is 2.60. The molecule has 1 aliphatic carbocycles. The van der Waals surface area contributed by atoms with Crippen molar-refractivity contribution < 1.29 is 37.4 Å². The van der Waals surface area contributed by atoms with Crippen molar-refractivity contribution in [1.82, 2.24) is 0 Å². The van der Waals surface area contributed by atoms with Crippen LogP contribution in [-0.2, 0) is 4.79 Å². The van der Waals surface area contributed by atoms with Gasteiger partial charge in [-0.15, -0.1) is 0 Å². The third kappa shape index (κ3) is 3.83. The number of rotatable bonds is 3. The topological polar surface area (TPSA) is 74.6 Å². The molecular weight excluding hydrogens is 344 g/mol. The van der Waals surface area contributed by atoms with Crippen LogP contribution in [0.3, 0.4) is 0 Å². The number of hydrogen-bond acceptors (Lipinski definition) is 2. The second kappa shape index (κ2) is 7.25. The molecule has 0 bridgehead atoms. The van der Waals surface area contributed by atoms with Crippen LogP contribution in [0.25, 0.3) is 0 Å². The SMILES string of the molecule is CC=CC1C(C(=O)O)C1(C)C.Cc1c(F)c(F)c(C(=O)O)c(F)c1F. The molecule has 1 aromatic rings. The molecule has 1 saturated carbocycles. The van der Waals surface area contributed by atoms with Gasteiger partial charge in [0.05, 0.1) is 5.92 Å². The summed E-state index contributed by atoms with van der Waals surface area (Å²) in [5, 5.41) is 17.0. The smallest absolute Gasteiger partial charge is 0.341 e. The van der Waals surface area contributed by atoms with E-state index in [2.05, 4.69) is 0 Å². The van der Waals surface area contributed by atoms with Gasteiger partial charge in [-0.3, -0.25) is 4.79 Å². The molecule has 0 radical (unpaired) electrons. The Morgan fingerprint density at radius 2 is 1.44 bits per heavy atom. The first-order valence-electron chi connectivity index (χ1n) is 7.30. The van der Waals surface area contributed by atoms with Crippen LogP contribution in [0.4, 0.5) is 17.6 Å². The van der Waals surface area contributed by atoms with E-state index in [1.165, 1.54) is 0 Å². The third-order valence-corrected chi connectivity index (χ3v) is 4.27. The summed E-state index contributed by atoms with van der Waals surface area (Å²) in [6.07, 6.45) is 3.91. The quantitative estimate of drug-likeness (QED) is 0.481. The molecule has 4 nitrogen and oxygen atoms in total. The molecule has 0 aliphatic heterocycles. The lowest BCUT2D eigenvalue weighted by Crippen LogP contribution is -2.11. The monoisotopic (exact) mass is 362 g/mol. The Kier molecular flexibility index (Phi) is 5.99. The summed E-state index contributed by atoms with van der Waals surface area (Å²) in [6, 6.07) is 0. The van der Waals surface area contributed by atoms with Crippen molar-refractivity contribution >= 4 is 11.9 Å². The summed E-state index contributed by atoms with van der Waals surface area (Å²) >= 11 is 0. The number of carboxylic acids is 2. The molecule has 138 valence electrons. The molecule has 2 rings (SSSR count). The first kappa shape index (κ1) is 20.7. The van der Waals surface area contributed by atoms with Crippen LogP contribution in [-0.4, -0.2) is 22.2 Å². The molecule has 2 N–H and O–H groups in total. The fraction of sp³-hybridized carbons (Fsp3) is 0.412. The van der Waals surface area contributed by atoms with E-state index in [9.17, 15) is 27.2 Å². The Balaban J connectivity index is 0.000000257. The standard InChI is InChI=1S/C9H14O2.C8H4F4O2/c1-4-5-6-7(8(10)11)9(6,2)3;1-2-4(9)6(11)3(8(13)14)7(12)5(2)10/h4-7H,1-3H3,(H,10,11);1H3,(H,13,14). The molecule has 0 heterocycles. The fourth-order valence-corrected chi connectivity index (χ4v) is 2.65. The van der Waals surface area contributed by atoms with Gasteiger partial charge in [-0.2, -0.15) is 0 Å². The highest BCUT2D eigenvalue weighted by molar-refractivity contribution is 5.88. The summed E-state index contributed by atoms with van der Waals surface area (Å²) in [5.74, 6) is -9.83. The number of allylic oxidation sites excluding steroid dienone is 2. The van der Waals surface area contributed by atoms with Crippen molar-refractivity contribution in [2.45, 2.75) is 27.7 Å². The maximum Gasteiger partial charge on any atom is 0.341 e. The molecule has 0 amide bonds. The lowest BCUT2D eigenvalue weighted by molar-refractivity contribution is -0.139. The Labute approximate surface area is 141 Å². The van der Waals surface area contributed by atoms with Crippen LogP contribution in [0.5, 0.6) is 0 Å². The zero-order valence-corrected chi connectivity index (χ0v) is 14.0. The number of hydrogen-bond donors (Lipinski definition) is 2. The average molecular weight is 362 g/mol. The van der Waals surface area contributed by atoms with Gasteiger partial charge >= 0.3 is 11.9 Å². The Hall–Kier alpha value is -2.38. The van der Waals surface area contributed by atoms with Gasteiger partial charge < -0.3 is 10.2 Å². The van der Waals surface area contributed by atoms with Crippen LogP contribution in [0.1, 0.15) is 36.7 Å². The van der Waals surface area contributed by atoms with Crippen LogP contribution in [0.15, 0.2) is 12.2 Å². The highest BCUT2D eigenvalue weighted by atomic mass is 19.2. The second-order valence-electron chi connectivity index (χ2n) is 6.25. The van der Waals surface area contributed by atoms with E-state index in [4.69, 9.17) is 10.2 Å². The van der Waals surface area contributed by atoms with Gasteiger partial charge in [0, 0.05) is 5.56 Å². The molecule has 1 fully saturated rings. The van der Waals surface area contributed by atoms with E-state index >= 15 is 0 Å². The van der Waals surface area contributed by atoms with Crippen molar-refractivity contribution in [3.8, 4) is 0 Å². The number of carboxylic acid groups (broad SMARTS) is 2. The molecule has 25 heavy (non-hydrogen) atoms. The minimum atomic E-state index is -2.06. The van der Waals surface area contributed by atoms with Gasteiger partial charge in [0.15, 0.2) is 23.3 Å². The third-order valence-electron chi connectivity index (χ3n) is 4.27. The van der Waals surface area contributed by atoms with E-state index < -0.39 is 46.3 Å². The number of benzene rings is 1. The molecule has 0 spiro atoms. The molecule has 0 saturated heterocycles. The first-order valence-corrected chi connectivity index (χ1v) is 7.30. The predicted molar refractivity (Wildman–Crippen MR) is 81.2 cm³/mol. The summed E-state index contributed by atoms with van der Waals surface area (Å²) in [4.78, 5) is 20.9. The minimum absolute atomic E-state index is 0.0294. The van der Waals surface area contributed by atoms with Crippen molar-refractivity contribution in [3.63, 3.8) is 0 Å². The summed E-state index contributed by atoms with van der Waals surface area (Å²) in [7, 11) is 0. The van der Waals surface area contributed by atoms with Gasteiger partial charge in [-0.25, -0.2) is 22.4 Å². The molecule has 2 unspecified atom stereocenters. The van der Waals surface area contributed by atoms with Gasteiger partial charge in [0.2, 0.25) is 0 Å². The lowest BCUT2D eigenvalue weighted by atomic mass is 10.1. The van der Waals surface area contributed by atoms with Crippen molar-refractivity contribution in [2.75, 3.05) is 0 Å². The van der Waals surface area contributed by atoms with Crippen molar-refractivity contribution in [2.24, 2.45) is 17.3 Å². The molecule has 2 atom stereocenters. The predicted octanol–water partition coefficient (Wildman–Crippen LogP) is 4.17. The highest BCUT2D eigenvalue weighted by Crippen LogP contribution is 2.58. The van der Waals surface area contributed by atoms with Crippen LogP contribution in [0, 0.1) is 47.4 Å². The molecule has 1 aliphatic rings. The summed E-state index contributed by atoms with van der Waals surface area (Å²) in [5.41, 5.74) is -2.53. The maximum atomic E-state index is 12.8. The largest absolute Gasteiger partial charge is 0.481 e. The van der Waals surface area contributed by atoms with E-state index in [0.717, 1.165) is 6.92 Å². The van der Waals surface area contributed by atoms with Crippen LogP contribution < -0.4 is 0 Å². The van der Waals surface area contributed by atoms with Crippen LogP contribution in [0.2, 0.25) is 0 Å². The van der Waals surface area contributed by atoms with E-state index in [1.807, 2.05) is 32.9 Å². The zero-order chi connectivity index (χ0) is 19.7. The normalized spacial score (nSPS) is 20.8. The van der Waals surface area contributed by atoms with E-state index in [1.54, 1.807) is 0 Å². The molecule has 0 aromatic heterocycles. The maximum absolute atomic E-state index is 12.8. The number of halogens is 4. The summed E-state index contributed by atoms with van der Waals surface area (Å²) in [6.45, 7) is 6.72. The molecule has 1 aromatic carbocycles. The van der Waals surface area contributed by atoms with Crippen LogP contribution >= 0.6 is 0 Å². The number of aliphatic carboxylic acids is 1. The van der Waals surface area contributed by atoms with Gasteiger partial charge in [-0.1, -0.05) is 26.0 Å². The van der Waals surface area contributed by atoms with Crippen molar-refractivity contribution in [1.29, 1.82) is 0 Å². The zero-order valence-electron chi connectivity index (χ0n) is 14.0. The Bertz CT molecular complexity index is 712. The van der Waals surface area contributed by atoms with Gasteiger partial charge in [-0.05, 0) is 25.2 Å². The lowest BCUT2D eigenvalue weighted by Gasteiger charge is -2.05. The van der Waals surface area contributed by atoms with Gasteiger partial charge in [0.1, 0.15) is 5.56 Å². The van der Waals surface area contributed by atoms with Gasteiger partial charge in [0.25, 0.3) is 0 Å². The number of carbonyl (C=O) groups is 2. The molecule has 8 heteroatoms. The number of aromatic carboxylic acids is 1. The Morgan fingerprint density at radius 3 is 1.72 bits per heavy atom. The minimum Gasteiger partial charge on any atom is -0.481 e. The van der Waals surface area contributed by atoms with E-state index in [0.29, 0.717) is 0 Å². The van der Waals surface area contributed by atoms with E-state index in [-0.39, 0.29) is 17.3 Å². The Morgan fingerprint density at radius 1 is 1.00 bits per heavy atom. The van der Waals surface area contributed by atoms with Crippen molar-refractivity contribution in [3.05, 3.63) is 46.5 Å². The first-order chi connectivity index (χ1) is 11.4. The fourth-order valence-electron chi connectivity index (χ4n) is 2.65. The second-order valence-corrected chi connectivity index (χ2v) is 6.25. The molecular formula is C17H18F4O4.